The molecule has 8 heteroatoms. The largest absolute Gasteiger partial charge is 0.444 e. The number of hydrogen-bond acceptors (Lipinski definition) is 5. The van der Waals surface area contributed by atoms with Crippen molar-refractivity contribution >= 4 is 42.4 Å². The van der Waals surface area contributed by atoms with Gasteiger partial charge in [-0.05, 0) is 52.9 Å². The molecule has 0 radical (unpaired) electrons. The number of likely N-dealkylation sites (N-methyl/N-ethyl adjacent to an activating group) is 1. The van der Waals surface area contributed by atoms with E-state index >= 15 is 0 Å². The van der Waals surface area contributed by atoms with Crippen molar-refractivity contribution in [3.05, 3.63) is 0 Å². The van der Waals surface area contributed by atoms with Crippen LogP contribution in [0.4, 0.5) is 4.79 Å². The van der Waals surface area contributed by atoms with Crippen molar-refractivity contribution in [3.8, 4) is 0 Å². The van der Waals surface area contributed by atoms with Crippen LogP contribution in [0.2, 0.25) is 0 Å². The van der Waals surface area contributed by atoms with E-state index in [4.69, 9.17) is 8.92 Å². The van der Waals surface area contributed by atoms with E-state index in [1.165, 1.54) is 14.1 Å². The summed E-state index contributed by atoms with van der Waals surface area (Å²) in [6.07, 6.45) is 2.55. The molecule has 24 heavy (non-hydrogen) atoms. The maximum absolute atomic E-state index is 12.6. The lowest BCUT2D eigenvalue weighted by Gasteiger charge is -2.36. The van der Waals surface area contributed by atoms with Crippen molar-refractivity contribution < 1.29 is 18.5 Å². The molecule has 6 nitrogen and oxygen atoms in total. The summed E-state index contributed by atoms with van der Waals surface area (Å²) >= 11 is 2.12. The Morgan fingerprint density at radius 2 is 1.92 bits per heavy atom. The first kappa shape index (κ1) is 21.8. The van der Waals surface area contributed by atoms with E-state index in [2.05, 4.69) is 21.2 Å². The number of carbonyl (C=O) groups is 2. The molecular weight excluding hydrogens is 443 g/mol. The maximum atomic E-state index is 12.6. The van der Waals surface area contributed by atoms with Crippen LogP contribution in [0, 0.1) is 5.92 Å². The van der Waals surface area contributed by atoms with Crippen LogP contribution in [0.5, 0.6) is 0 Å². The van der Waals surface area contributed by atoms with Crippen molar-refractivity contribution in [2.45, 2.75) is 58.6 Å². The van der Waals surface area contributed by atoms with Crippen LogP contribution in [0.15, 0.2) is 0 Å². The molecule has 1 heterocycles. The molecule has 0 aromatic carbocycles. The Labute approximate surface area is 161 Å². The number of rotatable bonds is 6. The molecule has 2 amide bonds. The topological polar surface area (TPSA) is 59.1 Å². The van der Waals surface area contributed by atoms with Crippen LogP contribution in [0.1, 0.15) is 47.0 Å². The summed E-state index contributed by atoms with van der Waals surface area (Å²) in [5.41, 5.74) is -0.565. The van der Waals surface area contributed by atoms with Gasteiger partial charge < -0.3 is 13.8 Å². The molecule has 1 aliphatic heterocycles. The summed E-state index contributed by atoms with van der Waals surface area (Å²) in [6.45, 7) is 9.44. The Morgan fingerprint density at radius 3 is 2.42 bits per heavy atom. The Morgan fingerprint density at radius 1 is 1.33 bits per heavy atom. The minimum absolute atomic E-state index is 0.0131. The molecule has 1 saturated heterocycles. The van der Waals surface area contributed by atoms with E-state index in [0.717, 1.165) is 39.0 Å². The second-order valence-electron chi connectivity index (χ2n) is 7.21. The third-order valence-electron chi connectivity index (χ3n) is 4.20. The van der Waals surface area contributed by atoms with E-state index in [0.29, 0.717) is 5.92 Å². The summed E-state index contributed by atoms with van der Waals surface area (Å²) in [6, 6.07) is -0.518. The Hall–Kier alpha value is -0.220. The molecular formula is C16H29IN2O4S. The molecule has 0 N–H and O–H groups in total. The molecule has 140 valence electrons. The Bertz CT molecular complexity index is 423. The average Bonchev–Trinajstić information content (AvgIpc) is 2.52. The van der Waals surface area contributed by atoms with Crippen LogP contribution in [-0.2, 0) is 13.7 Å². The van der Waals surface area contributed by atoms with Gasteiger partial charge in [-0.3, -0.25) is 9.69 Å². The summed E-state index contributed by atoms with van der Waals surface area (Å²) < 4.78 is 10.6. The second kappa shape index (κ2) is 10.1. The highest BCUT2D eigenvalue weighted by molar-refractivity contribution is 14.2. The van der Waals surface area contributed by atoms with Crippen LogP contribution in [0.25, 0.3) is 0 Å². The van der Waals surface area contributed by atoms with Gasteiger partial charge in [0.2, 0.25) is 5.91 Å². The Balaban J connectivity index is 2.45. The molecule has 0 saturated carbocycles. The highest BCUT2D eigenvalue weighted by Gasteiger charge is 2.31. The van der Waals surface area contributed by atoms with Gasteiger partial charge in [-0.2, -0.15) is 0 Å². The van der Waals surface area contributed by atoms with Crippen molar-refractivity contribution in [3.63, 3.8) is 0 Å². The number of hydrogen-bond donors (Lipinski definition) is 0. The second-order valence-corrected chi connectivity index (χ2v) is 8.65. The third-order valence-corrected chi connectivity index (χ3v) is 5.22. The monoisotopic (exact) mass is 472 g/mol. The van der Waals surface area contributed by atoms with Gasteiger partial charge in [0.15, 0.2) is 0 Å². The lowest BCUT2D eigenvalue weighted by molar-refractivity contribution is -0.137. The third kappa shape index (κ3) is 7.35. The van der Waals surface area contributed by atoms with Gasteiger partial charge in [-0.25, -0.2) is 4.79 Å². The number of halogens is 1. The van der Waals surface area contributed by atoms with Gasteiger partial charge in [-0.1, -0.05) is 0 Å². The van der Waals surface area contributed by atoms with Crippen molar-refractivity contribution in [2.24, 2.45) is 5.92 Å². The lowest BCUT2D eigenvalue weighted by atomic mass is 9.93. The zero-order valence-corrected chi connectivity index (χ0v) is 18.2. The summed E-state index contributed by atoms with van der Waals surface area (Å²) in [7, 11) is 2.98. The van der Waals surface area contributed by atoms with E-state index in [9.17, 15) is 9.59 Å². The molecule has 0 aromatic heterocycles. The van der Waals surface area contributed by atoms with Gasteiger partial charge in [0, 0.05) is 41.3 Å². The maximum Gasteiger partial charge on any atom is 0.410 e. The lowest BCUT2D eigenvalue weighted by Crippen LogP contribution is -2.50. The number of ether oxygens (including phenoxy) is 1. The molecule has 0 unspecified atom stereocenters. The minimum Gasteiger partial charge on any atom is -0.444 e. The minimum atomic E-state index is -0.565. The van der Waals surface area contributed by atoms with E-state index < -0.39 is 17.7 Å². The van der Waals surface area contributed by atoms with Gasteiger partial charge in [-0.15, -0.1) is 0 Å². The van der Waals surface area contributed by atoms with E-state index in [1.54, 1.807) is 14.0 Å². The number of piperidine rings is 1. The number of carbonyl (C=O) groups excluding carboxylic acids is 2. The van der Waals surface area contributed by atoms with Crippen molar-refractivity contribution in [1.82, 2.24) is 9.80 Å². The van der Waals surface area contributed by atoms with E-state index in [-0.39, 0.29) is 5.91 Å². The van der Waals surface area contributed by atoms with Gasteiger partial charge in [0.05, 0.1) is 15.8 Å². The van der Waals surface area contributed by atoms with Crippen molar-refractivity contribution in [1.29, 1.82) is 0 Å². The Kier molecular flexibility index (Phi) is 9.14. The molecule has 1 rings (SSSR count). The average molecular weight is 472 g/mol. The van der Waals surface area contributed by atoms with Crippen LogP contribution < -0.4 is 0 Å². The first-order valence-corrected chi connectivity index (χ1v) is 11.6. The van der Waals surface area contributed by atoms with Crippen LogP contribution >= 0.6 is 30.4 Å². The zero-order chi connectivity index (χ0) is 18.3. The summed E-state index contributed by atoms with van der Waals surface area (Å²) in [4.78, 5) is 28.0. The molecule has 1 fully saturated rings. The smallest absolute Gasteiger partial charge is 0.410 e. The molecule has 0 bridgehead atoms. The fraction of sp³-hybridized carbons (Fsp3) is 0.875. The quantitative estimate of drug-likeness (QED) is 0.334. The number of nitrogens with zero attached hydrogens (tertiary/aromatic N) is 2. The highest BCUT2D eigenvalue weighted by atomic mass is 127. The summed E-state index contributed by atoms with van der Waals surface area (Å²) in [5.74, 6) is 0.595. The molecule has 1 aliphatic rings. The van der Waals surface area contributed by atoms with E-state index in [1.807, 2.05) is 25.7 Å². The van der Waals surface area contributed by atoms with Gasteiger partial charge >= 0.3 is 6.09 Å². The first-order chi connectivity index (χ1) is 11.2. The molecule has 1 atom stereocenters. The fourth-order valence-corrected chi connectivity index (χ4v) is 3.31. The molecule has 0 spiro atoms. The summed E-state index contributed by atoms with van der Waals surface area (Å²) in [5, 5.41) is 0. The number of amides is 2. The van der Waals surface area contributed by atoms with Gasteiger partial charge in [0.25, 0.3) is 0 Å². The van der Waals surface area contributed by atoms with Crippen LogP contribution in [0.3, 0.4) is 0 Å². The molecule has 0 aromatic rings. The van der Waals surface area contributed by atoms with Crippen molar-refractivity contribution in [2.75, 3.05) is 26.7 Å². The SMILES string of the molecule is C[C@@H](C(=O)N1CCC(CCOSI)CC1)N(C)C(=O)OC(C)(C)C. The standard InChI is InChI=1S/C16H29IN2O4S/c1-12(18(5)15(21)23-16(2,3)4)14(20)19-9-6-13(7-10-19)8-11-22-24-17/h12-13H,6-11H2,1-5H3/t12-/m0/s1. The van der Waals surface area contributed by atoms with Crippen LogP contribution in [-0.4, -0.2) is 60.2 Å². The molecule has 0 aliphatic carbocycles. The normalized spacial score (nSPS) is 17.5. The fourth-order valence-electron chi connectivity index (χ4n) is 2.61. The van der Waals surface area contributed by atoms with Gasteiger partial charge in [0.1, 0.15) is 11.6 Å². The predicted octanol–water partition coefficient (Wildman–Crippen LogP) is 3.89. The zero-order valence-electron chi connectivity index (χ0n) is 15.2. The first-order valence-electron chi connectivity index (χ1n) is 8.30. The predicted molar refractivity (Wildman–Crippen MR) is 105 cm³/mol. The highest BCUT2D eigenvalue weighted by Crippen LogP contribution is 2.23. The number of likely N-dealkylation sites (tertiary alicyclic amines) is 1.